The Morgan fingerprint density at radius 1 is 0.737 bits per heavy atom. The molecule has 0 fully saturated rings. The largest absolute Gasteiger partial charge is 0.259 e. The third-order valence-corrected chi connectivity index (χ3v) is 2.56. The molecule has 0 aliphatic heterocycles. The van der Waals surface area contributed by atoms with Crippen molar-refractivity contribution >= 4 is 0 Å². The zero-order chi connectivity index (χ0) is 13.5. The second kappa shape index (κ2) is 6.50. The molecule has 19 heavy (non-hydrogen) atoms. The highest BCUT2D eigenvalue weighted by Gasteiger charge is 2.06. The summed E-state index contributed by atoms with van der Waals surface area (Å²) in [6, 6.07) is 19.9. The second-order valence-electron chi connectivity index (χ2n) is 3.74. The first-order valence-electron chi connectivity index (χ1n) is 6.47. The number of hydrogen-bond donors (Lipinski definition) is 1. The van der Waals surface area contributed by atoms with Crippen LogP contribution in [-0.2, 0) is 0 Å². The van der Waals surface area contributed by atoms with Crippen molar-refractivity contribution in [3.05, 3.63) is 60.7 Å². The molecule has 0 spiro atoms. The third kappa shape index (κ3) is 3.07. The minimum atomic E-state index is 0.726. The smallest absolute Gasteiger partial charge is 0.181 e. The van der Waals surface area contributed by atoms with Crippen molar-refractivity contribution in [2.75, 3.05) is 0 Å². The number of H-pyrrole nitrogens is 1. The lowest BCUT2D eigenvalue weighted by Gasteiger charge is -1.93. The molecule has 0 saturated carbocycles. The number of hydrogen-bond acceptors (Lipinski definition) is 2. The molecule has 3 rings (SSSR count). The molecule has 0 saturated heterocycles. The highest BCUT2D eigenvalue weighted by atomic mass is 15.2. The topological polar surface area (TPSA) is 41.6 Å². The van der Waals surface area contributed by atoms with Gasteiger partial charge in [-0.05, 0) is 0 Å². The maximum absolute atomic E-state index is 4.48. The van der Waals surface area contributed by atoms with Gasteiger partial charge in [-0.25, -0.2) is 4.98 Å². The van der Waals surface area contributed by atoms with E-state index < -0.39 is 0 Å². The highest BCUT2D eigenvalue weighted by molar-refractivity contribution is 5.60. The van der Waals surface area contributed by atoms with Gasteiger partial charge < -0.3 is 0 Å². The summed E-state index contributed by atoms with van der Waals surface area (Å²) >= 11 is 0. The van der Waals surface area contributed by atoms with Crippen LogP contribution in [0, 0.1) is 0 Å². The van der Waals surface area contributed by atoms with E-state index >= 15 is 0 Å². The fraction of sp³-hybridized carbons (Fsp3) is 0.125. The van der Waals surface area contributed by atoms with Crippen molar-refractivity contribution in [3.63, 3.8) is 0 Å². The molecule has 0 bridgehead atoms. The van der Waals surface area contributed by atoms with Gasteiger partial charge in [0.05, 0.1) is 0 Å². The molecule has 1 heterocycles. The molecule has 3 heteroatoms. The summed E-state index contributed by atoms with van der Waals surface area (Å²) < 4.78 is 0. The standard InChI is InChI=1S/C14H11N3.C2H6/c1-3-7-11(8-4-1)13-15-14(17-16-13)12-9-5-2-6-10-12;1-2/h1-10H,(H,15,16,17);1-2H3. The molecule has 3 nitrogen and oxygen atoms in total. The van der Waals surface area contributed by atoms with Gasteiger partial charge in [-0.15, -0.1) is 0 Å². The molecule has 0 aliphatic rings. The summed E-state index contributed by atoms with van der Waals surface area (Å²) in [6.07, 6.45) is 0. The van der Waals surface area contributed by atoms with E-state index in [2.05, 4.69) is 15.2 Å². The van der Waals surface area contributed by atoms with Crippen LogP contribution in [0.3, 0.4) is 0 Å². The van der Waals surface area contributed by atoms with Crippen molar-refractivity contribution in [2.24, 2.45) is 0 Å². The van der Waals surface area contributed by atoms with Crippen molar-refractivity contribution in [1.82, 2.24) is 15.2 Å². The highest BCUT2D eigenvalue weighted by Crippen LogP contribution is 2.18. The zero-order valence-electron chi connectivity index (χ0n) is 11.2. The van der Waals surface area contributed by atoms with E-state index in [0.717, 1.165) is 22.8 Å². The second-order valence-corrected chi connectivity index (χ2v) is 3.74. The van der Waals surface area contributed by atoms with Gasteiger partial charge in [-0.1, -0.05) is 74.5 Å². The maximum Gasteiger partial charge on any atom is 0.181 e. The van der Waals surface area contributed by atoms with Gasteiger partial charge in [0.2, 0.25) is 0 Å². The molecule has 1 aromatic heterocycles. The van der Waals surface area contributed by atoms with Crippen LogP contribution in [0.4, 0.5) is 0 Å². The third-order valence-electron chi connectivity index (χ3n) is 2.56. The minimum absolute atomic E-state index is 0.726. The van der Waals surface area contributed by atoms with Crippen LogP contribution in [0.5, 0.6) is 0 Å². The van der Waals surface area contributed by atoms with Gasteiger partial charge in [0.15, 0.2) is 11.6 Å². The van der Waals surface area contributed by atoms with Crippen LogP contribution in [0.15, 0.2) is 60.7 Å². The van der Waals surface area contributed by atoms with E-state index in [1.54, 1.807) is 0 Å². The Labute approximate surface area is 113 Å². The van der Waals surface area contributed by atoms with Crippen LogP contribution in [-0.4, -0.2) is 15.2 Å². The van der Waals surface area contributed by atoms with Crippen molar-refractivity contribution in [2.45, 2.75) is 13.8 Å². The first kappa shape index (κ1) is 13.0. The zero-order valence-corrected chi connectivity index (χ0v) is 11.2. The molecule has 0 unspecified atom stereocenters. The van der Waals surface area contributed by atoms with Gasteiger partial charge in [-0.3, -0.25) is 5.10 Å². The number of aromatic amines is 1. The van der Waals surface area contributed by atoms with Crippen LogP contribution < -0.4 is 0 Å². The monoisotopic (exact) mass is 251 g/mol. The predicted octanol–water partition coefficient (Wildman–Crippen LogP) is 4.16. The number of nitrogens with one attached hydrogen (secondary N) is 1. The average molecular weight is 251 g/mol. The first-order valence-corrected chi connectivity index (χ1v) is 6.47. The van der Waals surface area contributed by atoms with Gasteiger partial charge >= 0.3 is 0 Å². The van der Waals surface area contributed by atoms with E-state index in [0.29, 0.717) is 0 Å². The summed E-state index contributed by atoms with van der Waals surface area (Å²) in [5, 5.41) is 7.19. The minimum Gasteiger partial charge on any atom is -0.259 e. The molecule has 1 N–H and O–H groups in total. The van der Waals surface area contributed by atoms with Crippen LogP contribution in [0.25, 0.3) is 22.8 Å². The Morgan fingerprint density at radius 3 is 1.84 bits per heavy atom. The van der Waals surface area contributed by atoms with Crippen molar-refractivity contribution in [3.8, 4) is 22.8 Å². The van der Waals surface area contributed by atoms with Crippen LogP contribution in [0.2, 0.25) is 0 Å². The molecule has 0 radical (unpaired) electrons. The van der Waals surface area contributed by atoms with E-state index in [9.17, 15) is 0 Å². The molecule has 0 amide bonds. The van der Waals surface area contributed by atoms with E-state index in [-0.39, 0.29) is 0 Å². The first-order chi connectivity index (χ1) is 9.43. The summed E-state index contributed by atoms with van der Waals surface area (Å²) in [6.45, 7) is 4.00. The number of nitrogens with zero attached hydrogens (tertiary/aromatic N) is 2. The van der Waals surface area contributed by atoms with Gasteiger partial charge in [0.1, 0.15) is 0 Å². The Balaban J connectivity index is 0.000000637. The maximum atomic E-state index is 4.48. The molecule has 96 valence electrons. The lowest BCUT2D eigenvalue weighted by atomic mass is 10.2. The molecule has 0 aliphatic carbocycles. The summed E-state index contributed by atoms with van der Waals surface area (Å²) in [4.78, 5) is 4.48. The Bertz CT molecular complexity index is 546. The Hall–Kier alpha value is -2.42. The van der Waals surface area contributed by atoms with Crippen molar-refractivity contribution < 1.29 is 0 Å². The lowest BCUT2D eigenvalue weighted by Crippen LogP contribution is -1.80. The summed E-state index contributed by atoms with van der Waals surface area (Å²) in [5.41, 5.74) is 2.06. The van der Waals surface area contributed by atoms with Crippen LogP contribution in [0.1, 0.15) is 13.8 Å². The lowest BCUT2D eigenvalue weighted by molar-refractivity contribution is 1.10. The average Bonchev–Trinajstić information content (AvgIpc) is 3.01. The predicted molar refractivity (Wildman–Crippen MR) is 78.6 cm³/mol. The van der Waals surface area contributed by atoms with E-state index in [1.807, 2.05) is 74.5 Å². The Morgan fingerprint density at radius 2 is 1.26 bits per heavy atom. The molecule has 2 aromatic carbocycles. The van der Waals surface area contributed by atoms with E-state index in [4.69, 9.17) is 0 Å². The molecular formula is C16H17N3. The fourth-order valence-corrected chi connectivity index (χ4v) is 1.70. The quantitative estimate of drug-likeness (QED) is 0.742. The molecule has 3 aromatic rings. The number of benzene rings is 2. The van der Waals surface area contributed by atoms with Crippen LogP contribution >= 0.6 is 0 Å². The molecular weight excluding hydrogens is 234 g/mol. The Kier molecular flexibility index (Phi) is 4.45. The van der Waals surface area contributed by atoms with Gasteiger partial charge in [0.25, 0.3) is 0 Å². The summed E-state index contributed by atoms with van der Waals surface area (Å²) in [7, 11) is 0. The van der Waals surface area contributed by atoms with E-state index in [1.165, 1.54) is 0 Å². The van der Waals surface area contributed by atoms with Crippen molar-refractivity contribution in [1.29, 1.82) is 0 Å². The fourth-order valence-electron chi connectivity index (χ4n) is 1.70. The number of aromatic nitrogens is 3. The van der Waals surface area contributed by atoms with Gasteiger partial charge in [0, 0.05) is 11.1 Å². The SMILES string of the molecule is CC.c1ccc(-c2n[nH]c(-c3ccccc3)n2)cc1. The van der Waals surface area contributed by atoms with Gasteiger partial charge in [-0.2, -0.15) is 5.10 Å². The molecule has 0 atom stereocenters. The normalized spacial score (nSPS) is 9.58. The number of rotatable bonds is 2. The summed E-state index contributed by atoms with van der Waals surface area (Å²) in [5.74, 6) is 1.52.